The van der Waals surface area contributed by atoms with Crippen LogP contribution in [-0.2, 0) is 55.7 Å². The number of benzene rings is 1. The Labute approximate surface area is 406 Å². The van der Waals surface area contributed by atoms with E-state index >= 15 is 0 Å². The van der Waals surface area contributed by atoms with Crippen LogP contribution in [0, 0.1) is 23.9 Å². The minimum atomic E-state index is -1.58. The van der Waals surface area contributed by atoms with Gasteiger partial charge in [-0.15, -0.1) is 12.6 Å². The number of cyclic esters (lactones) is 1. The SMILES string of the molecule is CC[C@H]1OC(=O)[C@H](C)[C@@H](O[C@H]2C[C@@](C)(OC)[C@@H](O)[C@H](C)O2)[C@H](C)[C@@H](O[C@@H]2O[CH-]C[C@H]([N-]CCC(=O)NCCc3ccc(CN4CCOCC4)cc3)[C@H]2O)[C@](C)(O)CCCN(C)[C@H](C)[C@@H](O)C1(C)C.[Cm].[Cm]. The maximum Gasteiger partial charge on any atom is 0.311 e. The van der Waals surface area contributed by atoms with Crippen LogP contribution in [0.4, 0.5) is 0 Å². The molecule has 4 saturated heterocycles. The molecular weight excluding hydrogens is 1370 g/mol. The topological polar surface area (TPSA) is 212 Å². The number of morpholine rings is 1. The van der Waals surface area contributed by atoms with Crippen molar-refractivity contribution in [1.82, 2.24) is 15.1 Å². The quantitative estimate of drug-likeness (QED) is 0.124. The van der Waals surface area contributed by atoms with Gasteiger partial charge in [0.1, 0.15) is 12.2 Å². The van der Waals surface area contributed by atoms with E-state index in [-0.39, 0.29) is 44.2 Å². The third-order valence-electron chi connectivity index (χ3n) is 15.3. The van der Waals surface area contributed by atoms with E-state index in [1.54, 1.807) is 27.7 Å². The maximum atomic E-state index is 14.4. The van der Waals surface area contributed by atoms with Crippen molar-refractivity contribution in [2.24, 2.45) is 17.3 Å². The van der Waals surface area contributed by atoms with E-state index in [0.29, 0.717) is 32.4 Å². The Morgan fingerprint density at radius 1 is 0.971 bits per heavy atom. The number of amides is 1. The molecular formula is C51H86Cm2N4O13-2. The zero-order valence-electron chi connectivity index (χ0n) is 43.5. The number of aliphatic hydroxyl groups is 4. The van der Waals surface area contributed by atoms with Crippen molar-refractivity contribution in [3.05, 3.63) is 47.3 Å². The summed E-state index contributed by atoms with van der Waals surface area (Å²) < 4.78 is 43.2. The summed E-state index contributed by atoms with van der Waals surface area (Å²) in [5, 5.41) is 54.8. The minimum absolute atomic E-state index is 0. The Bertz CT molecular complexity index is 1710. The summed E-state index contributed by atoms with van der Waals surface area (Å²) in [6.07, 6.45) is -6.28. The Kier molecular flexibility index (Phi) is 22.6. The van der Waals surface area contributed by atoms with E-state index in [4.69, 9.17) is 38.5 Å². The van der Waals surface area contributed by atoms with E-state index < -0.39 is 95.8 Å². The largest absolute Gasteiger partial charge is 0.659 e. The maximum absolute atomic E-state index is 14.4. The van der Waals surface area contributed by atoms with Gasteiger partial charge >= 0.3 is 5.97 Å². The second-order valence-electron chi connectivity index (χ2n) is 20.9. The number of esters is 1. The van der Waals surface area contributed by atoms with Gasteiger partial charge in [0.05, 0.1) is 60.9 Å². The van der Waals surface area contributed by atoms with Crippen molar-refractivity contribution >= 4 is 11.9 Å². The van der Waals surface area contributed by atoms with Crippen LogP contribution in [-0.4, -0.2) is 181 Å². The normalized spacial score (nSPS) is 37.4. The number of ether oxygens (including phenoxy) is 7. The first-order valence-electron chi connectivity index (χ1n) is 25.1. The average Bonchev–Trinajstić information content (AvgIpc) is 3.31. The van der Waals surface area contributed by atoms with Gasteiger partial charge in [0.25, 0.3) is 0 Å². The van der Waals surface area contributed by atoms with Crippen LogP contribution in [0.1, 0.15) is 112 Å². The molecule has 19 heteroatoms. The molecule has 0 unspecified atom stereocenters. The Morgan fingerprint density at radius 3 is 2.27 bits per heavy atom. The molecule has 15 atom stereocenters. The van der Waals surface area contributed by atoms with E-state index in [0.717, 1.165) is 38.4 Å². The molecule has 0 aromatic heterocycles. The van der Waals surface area contributed by atoms with Gasteiger partial charge in [-0.3, -0.25) is 14.5 Å². The van der Waals surface area contributed by atoms with Crippen LogP contribution in [0.3, 0.4) is 0 Å². The zero-order chi connectivity index (χ0) is 50.0. The second-order valence-corrected chi connectivity index (χ2v) is 20.9. The van der Waals surface area contributed by atoms with Crippen molar-refractivity contribution in [1.29, 1.82) is 0 Å². The number of hydrogen-bond acceptors (Lipinski definition) is 15. The zero-order valence-corrected chi connectivity index (χ0v) is 49.4. The molecule has 0 spiro atoms. The number of aliphatic hydroxyl groups excluding tert-OH is 3. The first kappa shape index (κ1) is 59.9. The minimum Gasteiger partial charge on any atom is -0.659 e. The molecule has 0 aliphatic carbocycles. The van der Waals surface area contributed by atoms with Gasteiger partial charge in [-0.05, 0) is 85.0 Å². The molecule has 1 aromatic rings. The summed E-state index contributed by atoms with van der Waals surface area (Å²) in [4.78, 5) is 31.7. The fraction of sp³-hybridized carbons (Fsp3) is 0.824. The summed E-state index contributed by atoms with van der Waals surface area (Å²) in [5.41, 5.74) is -1.05. The monoisotopic (exact) mass is 1450 g/mol. The molecule has 70 heavy (non-hydrogen) atoms. The molecule has 1 amide bonds. The first-order valence-corrected chi connectivity index (χ1v) is 25.1. The molecule has 1 aromatic carbocycles. The number of likely N-dealkylation sites (N-methyl/N-ethyl adjacent to an activating group) is 1. The Balaban J connectivity index is 0.00000648. The standard InChI is InChI=1S/C51H86N4O13.2Cm/c1-12-39-49(6,7)44(58)34(4)54(10)24-13-21-50(8,61)46(32(2)43(33(3)47(60)66-39)67-41-30-51(9,62-11)45(59)35(5)65-41)68-48-42(57)38(20-27-64-48)52-23-19-40(56)53-22-18-36-14-16-37(17-15-36)31-55-25-28-63-29-26-55;;/h14-17,27,32-35,38-39,41-46,48,57-59,61H,12-13,18-26,28-31H2,1-11H3,(H,53,56);;/q-2;;/t32-,33+,34+,35-,38-,39+,41-,42+,43-,44+,45-,46+,48-,50+,51+;;/m0../s1. The molecule has 406 valence electrons. The summed E-state index contributed by atoms with van der Waals surface area (Å²) in [6, 6.07) is 7.51. The van der Waals surface area contributed by atoms with Gasteiger partial charge in [0, 0.05) is 63.5 Å². The smallest absolute Gasteiger partial charge is 0.311 e. The number of hydrogen-bond donors (Lipinski definition) is 5. The molecule has 0 saturated carbocycles. The number of methoxy groups -OCH3 is 1. The Hall–Kier alpha value is -4.36. The second kappa shape index (κ2) is 26.4. The van der Waals surface area contributed by atoms with Gasteiger partial charge in [-0.2, -0.15) is 6.42 Å². The van der Waals surface area contributed by atoms with Gasteiger partial charge in [-0.1, -0.05) is 52.0 Å². The predicted molar refractivity (Wildman–Crippen MR) is 256 cm³/mol. The number of rotatable bonds is 15. The van der Waals surface area contributed by atoms with Crippen LogP contribution in [0.15, 0.2) is 24.3 Å². The van der Waals surface area contributed by atoms with Crippen LogP contribution in [0.5, 0.6) is 0 Å². The van der Waals surface area contributed by atoms with Crippen LogP contribution >= 0.6 is 0 Å². The van der Waals surface area contributed by atoms with Crippen LogP contribution < -0.4 is 5.32 Å². The van der Waals surface area contributed by atoms with Crippen molar-refractivity contribution < 1.29 is 63.2 Å². The van der Waals surface area contributed by atoms with Crippen molar-refractivity contribution in [2.75, 3.05) is 60.1 Å². The van der Waals surface area contributed by atoms with Crippen molar-refractivity contribution in [3.8, 4) is 0 Å². The van der Waals surface area contributed by atoms with E-state index in [9.17, 15) is 30.0 Å². The summed E-state index contributed by atoms with van der Waals surface area (Å²) >= 11 is 0. The fourth-order valence-electron chi connectivity index (χ4n) is 10.4. The predicted octanol–water partition coefficient (Wildman–Crippen LogP) is 4.10. The molecule has 5 rings (SSSR count). The van der Waals surface area contributed by atoms with E-state index in [1.165, 1.54) is 19.3 Å². The van der Waals surface area contributed by atoms with Crippen LogP contribution in [0.2, 0.25) is 0 Å². The van der Waals surface area contributed by atoms with E-state index in [1.807, 2.05) is 46.6 Å². The molecule has 4 aliphatic rings. The first-order chi connectivity index (χ1) is 32.1. The number of carbonyl (C=O) groups is 2. The van der Waals surface area contributed by atoms with E-state index in [2.05, 4.69) is 34.5 Å². The van der Waals surface area contributed by atoms with Crippen LogP contribution in [0.25, 0.3) is 5.32 Å². The van der Waals surface area contributed by atoms with Gasteiger partial charge in [0.2, 0.25) is 5.91 Å². The fourth-order valence-corrected chi connectivity index (χ4v) is 10.4. The molecule has 17 nitrogen and oxygen atoms in total. The molecule has 0 radical (unpaired) electrons. The average molecular weight is 1460 g/mol. The van der Waals surface area contributed by atoms with Gasteiger partial charge in [-0.25, -0.2) is 6.61 Å². The molecule has 0 bridgehead atoms. The third-order valence-corrected chi connectivity index (χ3v) is 15.3. The van der Waals surface area contributed by atoms with Crippen molar-refractivity contribution in [2.45, 2.75) is 192 Å². The van der Waals surface area contributed by atoms with Gasteiger partial charge in [0.15, 0.2) is 12.6 Å². The van der Waals surface area contributed by atoms with Gasteiger partial charge < -0.3 is 69.1 Å². The summed E-state index contributed by atoms with van der Waals surface area (Å²) in [6.45, 7) is 23.4. The molecule has 4 fully saturated rings. The molecule has 4 aliphatic heterocycles. The number of nitrogens with one attached hydrogen (secondary N) is 1. The van der Waals surface area contributed by atoms with Crippen molar-refractivity contribution in [3.63, 3.8) is 0 Å². The summed E-state index contributed by atoms with van der Waals surface area (Å²) in [7, 11) is 3.44. The molecule has 4 heterocycles. The Morgan fingerprint density at radius 2 is 1.63 bits per heavy atom. The summed E-state index contributed by atoms with van der Waals surface area (Å²) in [5.74, 6) is -2.43. The molecule has 5 N–H and O–H groups in total. The third kappa shape index (κ3) is 15.1. The number of nitrogens with zero attached hydrogens (tertiary/aromatic N) is 3. The number of carbonyl (C=O) groups excluding carboxylic acids is 2.